The number of fused-ring (bicyclic) bond motifs is 3. The van der Waals surface area contributed by atoms with Gasteiger partial charge in [0.15, 0.2) is 5.16 Å². The summed E-state index contributed by atoms with van der Waals surface area (Å²) in [5.41, 5.74) is 1.07. The Morgan fingerprint density at radius 2 is 2.11 bits per heavy atom. The summed E-state index contributed by atoms with van der Waals surface area (Å²) in [5.74, 6) is -0.0326. The SMILES string of the molecule is CCCc1nnc(NC(=O)CSc2nc3sc4c(c3c(=O)[nH]2)CCCC4)s1. The van der Waals surface area contributed by atoms with Gasteiger partial charge in [-0.25, -0.2) is 4.98 Å². The van der Waals surface area contributed by atoms with E-state index in [4.69, 9.17) is 0 Å². The Labute approximate surface area is 168 Å². The first-order valence-corrected chi connectivity index (χ1v) is 11.6. The molecule has 10 heteroatoms. The topological polar surface area (TPSA) is 101 Å². The molecule has 142 valence electrons. The zero-order chi connectivity index (χ0) is 18.8. The largest absolute Gasteiger partial charge is 0.301 e. The Balaban J connectivity index is 1.44. The minimum Gasteiger partial charge on any atom is -0.301 e. The maximum atomic E-state index is 12.5. The van der Waals surface area contributed by atoms with E-state index in [-0.39, 0.29) is 17.2 Å². The van der Waals surface area contributed by atoms with Crippen molar-refractivity contribution in [2.24, 2.45) is 0 Å². The van der Waals surface area contributed by atoms with Crippen LogP contribution in [-0.4, -0.2) is 31.8 Å². The molecule has 0 aromatic carbocycles. The number of H-pyrrole nitrogens is 1. The number of nitrogens with zero attached hydrogens (tertiary/aromatic N) is 3. The first kappa shape index (κ1) is 18.6. The highest BCUT2D eigenvalue weighted by molar-refractivity contribution is 7.99. The molecule has 0 unspecified atom stereocenters. The minimum atomic E-state index is -0.188. The van der Waals surface area contributed by atoms with Crippen molar-refractivity contribution < 1.29 is 4.79 Å². The molecule has 4 rings (SSSR count). The van der Waals surface area contributed by atoms with Crippen LogP contribution in [0.5, 0.6) is 0 Å². The number of anilines is 1. The van der Waals surface area contributed by atoms with Gasteiger partial charge in [-0.1, -0.05) is 30.0 Å². The second kappa shape index (κ2) is 8.07. The fourth-order valence-electron chi connectivity index (χ4n) is 3.12. The van der Waals surface area contributed by atoms with Gasteiger partial charge in [0.25, 0.3) is 5.56 Å². The number of hydrogen-bond acceptors (Lipinski definition) is 8. The van der Waals surface area contributed by atoms with Crippen LogP contribution < -0.4 is 10.9 Å². The molecule has 27 heavy (non-hydrogen) atoms. The normalized spacial score (nSPS) is 13.7. The molecule has 0 saturated heterocycles. The molecule has 0 bridgehead atoms. The van der Waals surface area contributed by atoms with E-state index in [1.54, 1.807) is 11.3 Å². The molecule has 1 aliphatic carbocycles. The van der Waals surface area contributed by atoms with E-state index >= 15 is 0 Å². The summed E-state index contributed by atoms with van der Waals surface area (Å²) in [6, 6.07) is 0. The standard InChI is InChI=1S/C17H19N5O2S3/c1-2-5-12-21-22-17(27-12)18-11(23)8-25-16-19-14(24)13-9-6-3-4-7-10(9)26-15(13)20-16/h2-8H2,1H3,(H,18,22,23)(H,19,20,24). The van der Waals surface area contributed by atoms with Gasteiger partial charge < -0.3 is 4.98 Å². The van der Waals surface area contributed by atoms with Gasteiger partial charge in [-0.15, -0.1) is 21.5 Å². The van der Waals surface area contributed by atoms with E-state index in [0.717, 1.165) is 47.3 Å². The van der Waals surface area contributed by atoms with Gasteiger partial charge in [-0.05, 0) is 37.7 Å². The summed E-state index contributed by atoms with van der Waals surface area (Å²) in [6.45, 7) is 2.07. The van der Waals surface area contributed by atoms with Crippen molar-refractivity contribution in [3.63, 3.8) is 0 Å². The van der Waals surface area contributed by atoms with E-state index in [0.29, 0.717) is 10.3 Å². The number of thioether (sulfide) groups is 1. The zero-order valence-electron chi connectivity index (χ0n) is 14.8. The second-order valence-corrected chi connectivity index (χ2v) is 9.46. The number of aryl methyl sites for hydroxylation is 3. The van der Waals surface area contributed by atoms with E-state index < -0.39 is 0 Å². The Morgan fingerprint density at radius 1 is 1.26 bits per heavy atom. The molecule has 1 amide bonds. The molecule has 0 aliphatic heterocycles. The lowest BCUT2D eigenvalue weighted by molar-refractivity contribution is -0.113. The fourth-order valence-corrected chi connectivity index (χ4v) is 5.96. The second-order valence-electron chi connectivity index (χ2n) is 6.35. The van der Waals surface area contributed by atoms with E-state index in [1.807, 2.05) is 0 Å². The third-order valence-electron chi connectivity index (χ3n) is 4.32. The van der Waals surface area contributed by atoms with Crippen molar-refractivity contribution >= 4 is 55.7 Å². The van der Waals surface area contributed by atoms with Crippen molar-refractivity contribution in [3.05, 3.63) is 25.8 Å². The van der Waals surface area contributed by atoms with Gasteiger partial charge in [0.2, 0.25) is 11.0 Å². The Kier molecular flexibility index (Phi) is 5.55. The molecule has 3 aromatic rings. The number of nitrogens with one attached hydrogen (secondary N) is 2. The summed E-state index contributed by atoms with van der Waals surface area (Å²) < 4.78 is 0. The summed E-state index contributed by atoms with van der Waals surface area (Å²) in [6.07, 6.45) is 6.13. The molecule has 1 aliphatic rings. The van der Waals surface area contributed by atoms with Crippen LogP contribution in [0.15, 0.2) is 9.95 Å². The van der Waals surface area contributed by atoms with Crippen LogP contribution in [0.4, 0.5) is 5.13 Å². The maximum absolute atomic E-state index is 12.5. The predicted octanol–water partition coefficient (Wildman–Crippen LogP) is 3.40. The van der Waals surface area contributed by atoms with Crippen LogP contribution in [0.2, 0.25) is 0 Å². The monoisotopic (exact) mass is 421 g/mol. The predicted molar refractivity (Wildman–Crippen MR) is 110 cm³/mol. The lowest BCUT2D eigenvalue weighted by Crippen LogP contribution is -2.15. The van der Waals surface area contributed by atoms with E-state index in [9.17, 15) is 9.59 Å². The molecule has 3 aromatic heterocycles. The molecule has 0 atom stereocenters. The van der Waals surface area contributed by atoms with Gasteiger partial charge in [-0.2, -0.15) is 0 Å². The van der Waals surface area contributed by atoms with E-state index in [1.165, 1.54) is 40.0 Å². The lowest BCUT2D eigenvalue weighted by Gasteiger charge is -2.09. The zero-order valence-corrected chi connectivity index (χ0v) is 17.3. The number of aromatic nitrogens is 4. The molecule has 7 nitrogen and oxygen atoms in total. The first-order chi connectivity index (χ1) is 13.1. The smallest absolute Gasteiger partial charge is 0.260 e. The highest BCUT2D eigenvalue weighted by Crippen LogP contribution is 2.34. The quantitative estimate of drug-likeness (QED) is 0.467. The van der Waals surface area contributed by atoms with Crippen molar-refractivity contribution in [3.8, 4) is 0 Å². The van der Waals surface area contributed by atoms with Gasteiger partial charge in [0, 0.05) is 11.3 Å². The molecule has 3 heterocycles. The number of hydrogen-bond donors (Lipinski definition) is 2. The molecule has 0 spiro atoms. The van der Waals surface area contributed by atoms with Crippen LogP contribution in [0.3, 0.4) is 0 Å². The minimum absolute atomic E-state index is 0.101. The van der Waals surface area contributed by atoms with Gasteiger partial charge in [0.05, 0.1) is 11.1 Å². The Hall–Kier alpha value is -1.78. The molecule has 2 N–H and O–H groups in total. The van der Waals surface area contributed by atoms with Crippen LogP contribution in [-0.2, 0) is 24.1 Å². The highest BCUT2D eigenvalue weighted by Gasteiger charge is 2.20. The number of amides is 1. The molecule has 0 radical (unpaired) electrons. The van der Waals surface area contributed by atoms with Crippen LogP contribution >= 0.6 is 34.4 Å². The van der Waals surface area contributed by atoms with Crippen LogP contribution in [0, 0.1) is 0 Å². The molecular weight excluding hydrogens is 402 g/mol. The van der Waals surface area contributed by atoms with E-state index in [2.05, 4.69) is 32.4 Å². The third-order valence-corrected chi connectivity index (χ3v) is 7.28. The average molecular weight is 422 g/mol. The third kappa shape index (κ3) is 4.07. The number of carbonyl (C=O) groups excluding carboxylic acids is 1. The van der Waals surface area contributed by atoms with Crippen LogP contribution in [0.1, 0.15) is 41.6 Å². The molecular formula is C17H19N5O2S3. The van der Waals surface area contributed by atoms with Crippen molar-refractivity contribution in [1.29, 1.82) is 0 Å². The van der Waals surface area contributed by atoms with Gasteiger partial charge in [-0.3, -0.25) is 14.9 Å². The van der Waals surface area contributed by atoms with Gasteiger partial charge >= 0.3 is 0 Å². The number of aromatic amines is 1. The first-order valence-electron chi connectivity index (χ1n) is 8.93. The van der Waals surface area contributed by atoms with Gasteiger partial charge in [0.1, 0.15) is 9.84 Å². The number of rotatable bonds is 6. The summed E-state index contributed by atoms with van der Waals surface area (Å²) in [4.78, 5) is 34.1. The number of thiophene rings is 1. The molecule has 0 saturated carbocycles. The lowest BCUT2D eigenvalue weighted by atomic mass is 9.97. The maximum Gasteiger partial charge on any atom is 0.260 e. The van der Waals surface area contributed by atoms with Crippen LogP contribution in [0.25, 0.3) is 10.2 Å². The van der Waals surface area contributed by atoms with Crippen molar-refractivity contribution in [2.45, 2.75) is 50.6 Å². The Bertz CT molecular complexity index is 1040. The number of carbonyl (C=O) groups is 1. The van der Waals surface area contributed by atoms with Crippen molar-refractivity contribution in [2.75, 3.05) is 11.1 Å². The summed E-state index contributed by atoms with van der Waals surface area (Å²) in [7, 11) is 0. The van der Waals surface area contributed by atoms with Crippen molar-refractivity contribution in [1.82, 2.24) is 20.2 Å². The average Bonchev–Trinajstić information content (AvgIpc) is 3.24. The Morgan fingerprint density at radius 3 is 2.96 bits per heavy atom. The fraction of sp³-hybridized carbons (Fsp3) is 0.471. The molecule has 0 fully saturated rings. The summed E-state index contributed by atoms with van der Waals surface area (Å²) in [5, 5.41) is 13.4. The summed E-state index contributed by atoms with van der Waals surface area (Å²) >= 11 is 4.23. The highest BCUT2D eigenvalue weighted by atomic mass is 32.2.